The predicted octanol–water partition coefficient (Wildman–Crippen LogP) is 3.17. The molecule has 10 nitrogen and oxygen atoms in total. The van der Waals surface area contributed by atoms with Crippen LogP contribution in [0, 0.1) is 11.6 Å². The van der Waals surface area contributed by atoms with E-state index >= 15 is 8.78 Å². The summed E-state index contributed by atoms with van der Waals surface area (Å²) in [5.41, 5.74) is 0.484. The van der Waals surface area contributed by atoms with E-state index < -0.39 is 23.1 Å². The standard InChI is InChI=1S/C28H32F2N8O2S/c1-17-15-36(16-18(2)33-17)24-4-3-20(14-31-24)34-27-32-13-19-5-6-38(26(19)35-27)21-11-22(29)25(23(30)12-21)28(39,40)37-7-9-41-10-8-37/h3-6,11-14,17-18,33,39-40H,7-10,15-16H2,1-2H3,(H,32,34,35)/t17-,18+. The van der Waals surface area contributed by atoms with Gasteiger partial charge in [0.2, 0.25) is 5.95 Å². The molecule has 3 aromatic heterocycles. The summed E-state index contributed by atoms with van der Waals surface area (Å²) in [7, 11) is 0. The van der Waals surface area contributed by atoms with Crippen molar-refractivity contribution < 1.29 is 19.0 Å². The summed E-state index contributed by atoms with van der Waals surface area (Å²) in [5, 5.41) is 28.7. The maximum atomic E-state index is 15.3. The van der Waals surface area contributed by atoms with E-state index in [4.69, 9.17) is 0 Å². The molecule has 0 radical (unpaired) electrons. The second kappa shape index (κ2) is 11.1. The number of rotatable bonds is 6. The minimum atomic E-state index is -2.75. The Labute approximate surface area is 240 Å². The molecule has 2 saturated heterocycles. The lowest BCUT2D eigenvalue weighted by Gasteiger charge is -2.37. The highest BCUT2D eigenvalue weighted by Crippen LogP contribution is 2.32. The second-order valence-electron chi connectivity index (χ2n) is 10.6. The summed E-state index contributed by atoms with van der Waals surface area (Å²) in [4.78, 5) is 17.1. The molecule has 2 aliphatic heterocycles. The van der Waals surface area contributed by atoms with Gasteiger partial charge in [0.25, 0.3) is 5.91 Å². The van der Waals surface area contributed by atoms with E-state index in [1.807, 2.05) is 12.1 Å². The molecular weight excluding hydrogens is 550 g/mol. The summed E-state index contributed by atoms with van der Waals surface area (Å²) in [6, 6.07) is 8.50. The normalized spacial score (nSPS) is 20.5. The van der Waals surface area contributed by atoms with Gasteiger partial charge in [-0.05, 0) is 44.2 Å². The van der Waals surface area contributed by atoms with Crippen LogP contribution < -0.4 is 15.5 Å². The highest BCUT2D eigenvalue weighted by atomic mass is 32.2. The van der Waals surface area contributed by atoms with Crippen molar-refractivity contribution in [1.29, 1.82) is 0 Å². The first kappa shape index (κ1) is 27.8. The van der Waals surface area contributed by atoms with Crippen LogP contribution in [0.2, 0.25) is 0 Å². The first-order valence-electron chi connectivity index (χ1n) is 13.5. The van der Waals surface area contributed by atoms with Gasteiger partial charge in [0.1, 0.15) is 23.1 Å². The fourth-order valence-electron chi connectivity index (χ4n) is 5.53. The van der Waals surface area contributed by atoms with Crippen molar-refractivity contribution in [3.63, 3.8) is 0 Å². The van der Waals surface area contributed by atoms with Crippen LogP contribution in [-0.4, -0.2) is 84.4 Å². The van der Waals surface area contributed by atoms with E-state index in [-0.39, 0.29) is 5.69 Å². The zero-order valence-electron chi connectivity index (χ0n) is 22.8. The molecule has 2 aliphatic rings. The number of benzene rings is 1. The van der Waals surface area contributed by atoms with Gasteiger partial charge < -0.3 is 30.3 Å². The molecule has 0 aliphatic carbocycles. The topological polar surface area (TPSA) is 115 Å². The number of thioether (sulfide) groups is 1. The van der Waals surface area contributed by atoms with Gasteiger partial charge in [-0.15, -0.1) is 0 Å². The maximum absolute atomic E-state index is 15.3. The molecule has 0 amide bonds. The monoisotopic (exact) mass is 582 g/mol. The Balaban J connectivity index is 1.24. The van der Waals surface area contributed by atoms with Gasteiger partial charge >= 0.3 is 0 Å². The average molecular weight is 583 g/mol. The minimum Gasteiger partial charge on any atom is -0.354 e. The van der Waals surface area contributed by atoms with Crippen molar-refractivity contribution in [2.24, 2.45) is 0 Å². The van der Waals surface area contributed by atoms with Crippen molar-refractivity contribution in [2.75, 3.05) is 47.9 Å². The Morgan fingerprint density at radius 1 is 1.00 bits per heavy atom. The minimum absolute atomic E-state index is 0.152. The molecule has 41 heavy (non-hydrogen) atoms. The maximum Gasteiger partial charge on any atom is 0.259 e. The number of hydrogen-bond acceptors (Lipinski definition) is 10. The summed E-state index contributed by atoms with van der Waals surface area (Å²) < 4.78 is 32.1. The van der Waals surface area contributed by atoms with Gasteiger partial charge in [0.15, 0.2) is 0 Å². The Kier molecular flexibility index (Phi) is 7.55. The summed E-state index contributed by atoms with van der Waals surface area (Å²) in [6.07, 6.45) is 4.98. The zero-order valence-corrected chi connectivity index (χ0v) is 23.6. The lowest BCUT2D eigenvalue weighted by Crippen LogP contribution is -2.54. The highest BCUT2D eigenvalue weighted by Gasteiger charge is 2.40. The first-order valence-corrected chi connectivity index (χ1v) is 14.7. The number of fused-ring (bicyclic) bond motifs is 1. The molecule has 4 N–H and O–H groups in total. The van der Waals surface area contributed by atoms with Gasteiger partial charge in [0.05, 0.1) is 23.1 Å². The molecule has 0 saturated carbocycles. The van der Waals surface area contributed by atoms with Gasteiger partial charge in [-0.1, -0.05) is 0 Å². The third-order valence-corrected chi connectivity index (χ3v) is 8.35. The quantitative estimate of drug-likeness (QED) is 0.253. The van der Waals surface area contributed by atoms with Crippen LogP contribution in [0.1, 0.15) is 19.4 Å². The lowest BCUT2D eigenvalue weighted by atomic mass is 10.1. The highest BCUT2D eigenvalue weighted by molar-refractivity contribution is 7.99. The summed E-state index contributed by atoms with van der Waals surface area (Å²) in [6.45, 7) is 6.66. The Morgan fingerprint density at radius 2 is 1.71 bits per heavy atom. The van der Waals surface area contributed by atoms with Gasteiger partial charge in [-0.3, -0.25) is 0 Å². The predicted molar refractivity (Wildman–Crippen MR) is 156 cm³/mol. The van der Waals surface area contributed by atoms with Crippen molar-refractivity contribution in [3.8, 4) is 5.69 Å². The molecule has 1 aromatic carbocycles. The summed E-state index contributed by atoms with van der Waals surface area (Å²) >= 11 is 1.65. The molecule has 0 spiro atoms. The smallest absolute Gasteiger partial charge is 0.259 e. The van der Waals surface area contributed by atoms with Crippen LogP contribution in [0.5, 0.6) is 0 Å². The second-order valence-corrected chi connectivity index (χ2v) is 11.8. The number of aromatic nitrogens is 4. The number of piperazine rings is 1. The SMILES string of the molecule is C[C@@H]1CN(c2ccc(Nc3ncc4ccn(-c5cc(F)c(C(O)(O)N6CCSCC6)c(F)c5)c4n3)cn2)C[C@H](C)N1. The first-order chi connectivity index (χ1) is 19.7. The largest absolute Gasteiger partial charge is 0.354 e. The lowest BCUT2D eigenvalue weighted by molar-refractivity contribution is -0.276. The number of halogens is 2. The van der Waals surface area contributed by atoms with Gasteiger partial charge in [-0.25, -0.2) is 23.6 Å². The zero-order chi connectivity index (χ0) is 28.7. The van der Waals surface area contributed by atoms with Crippen molar-refractivity contribution >= 4 is 40.2 Å². The van der Waals surface area contributed by atoms with Crippen LogP contribution in [0.15, 0.2) is 48.9 Å². The fourth-order valence-corrected chi connectivity index (χ4v) is 6.43. The molecular formula is C28H32F2N8O2S. The molecule has 2 fully saturated rings. The molecule has 5 heterocycles. The molecule has 216 valence electrons. The Bertz CT molecular complexity index is 1510. The number of hydrogen-bond donors (Lipinski definition) is 4. The van der Waals surface area contributed by atoms with E-state index in [1.54, 1.807) is 36.4 Å². The number of anilines is 3. The van der Waals surface area contributed by atoms with E-state index in [9.17, 15) is 10.2 Å². The molecule has 13 heteroatoms. The number of nitrogens with one attached hydrogen (secondary N) is 2. The van der Waals surface area contributed by atoms with E-state index in [1.165, 1.54) is 9.47 Å². The summed E-state index contributed by atoms with van der Waals surface area (Å²) in [5.74, 6) is -2.40. The average Bonchev–Trinajstić information content (AvgIpc) is 3.36. The van der Waals surface area contributed by atoms with Crippen LogP contribution >= 0.6 is 11.8 Å². The number of nitrogens with zero attached hydrogens (tertiary/aromatic N) is 6. The van der Waals surface area contributed by atoms with Crippen LogP contribution in [0.3, 0.4) is 0 Å². The third-order valence-electron chi connectivity index (χ3n) is 7.41. The van der Waals surface area contributed by atoms with Crippen molar-refractivity contribution in [3.05, 3.63) is 66.1 Å². The number of pyridine rings is 1. The fraction of sp³-hybridized carbons (Fsp3) is 0.393. The molecule has 2 atom stereocenters. The van der Waals surface area contributed by atoms with Crippen LogP contribution in [-0.2, 0) is 5.91 Å². The van der Waals surface area contributed by atoms with E-state index in [0.29, 0.717) is 59.3 Å². The van der Waals surface area contributed by atoms with Crippen molar-refractivity contribution in [2.45, 2.75) is 31.8 Å². The molecule has 0 bridgehead atoms. The molecule has 4 aromatic rings. The van der Waals surface area contributed by atoms with E-state index in [2.05, 4.69) is 44.3 Å². The van der Waals surface area contributed by atoms with Gasteiger partial charge in [0, 0.05) is 67.5 Å². The molecule has 6 rings (SSSR count). The van der Waals surface area contributed by atoms with Crippen LogP contribution in [0.4, 0.5) is 26.2 Å². The van der Waals surface area contributed by atoms with Crippen molar-refractivity contribution in [1.82, 2.24) is 29.7 Å². The Morgan fingerprint density at radius 3 is 2.37 bits per heavy atom. The molecule has 0 unspecified atom stereocenters. The number of aliphatic hydroxyl groups is 2. The van der Waals surface area contributed by atoms with Crippen LogP contribution in [0.25, 0.3) is 16.7 Å². The van der Waals surface area contributed by atoms with E-state index in [0.717, 1.165) is 31.0 Å². The third kappa shape index (κ3) is 5.60. The Hall–Kier alpha value is -3.36. The van der Waals surface area contributed by atoms with Gasteiger partial charge in [-0.2, -0.15) is 16.7 Å².